The molecule has 0 radical (unpaired) electrons. The molecule has 1 aliphatic heterocycles. The normalized spacial score (nSPS) is 14.3. The van der Waals surface area contributed by atoms with Crippen LogP contribution in [0.15, 0.2) is 12.1 Å². The van der Waals surface area contributed by atoms with Crippen molar-refractivity contribution >= 4 is 11.8 Å². The third kappa shape index (κ3) is 5.40. The number of hydrogen-bond donors (Lipinski definition) is 2. The molecule has 2 heterocycles. The number of nitrogens with two attached hydrogens (primary N) is 1. The van der Waals surface area contributed by atoms with E-state index in [0.29, 0.717) is 31.5 Å². The average molecular weight is 438 g/mol. The molecule has 8 nitrogen and oxygen atoms in total. The fourth-order valence-corrected chi connectivity index (χ4v) is 3.42. The molecule has 1 atom stereocenters. The molecular weight excluding hydrogens is 413 g/mol. The van der Waals surface area contributed by atoms with Gasteiger partial charge in [-0.15, -0.1) is 10.2 Å². The minimum Gasteiger partial charge on any atom is -0.349 e. The molecule has 3 rings (SSSR count). The van der Waals surface area contributed by atoms with E-state index in [1.54, 1.807) is 4.57 Å². The van der Waals surface area contributed by atoms with Gasteiger partial charge in [-0.1, -0.05) is 13.3 Å². The standard InChI is InChI=1S/C20H25F3N6O2/c1-2-3-4-25-20(31)19-27-26-17-11-28(5-6-29(17)19)18(30)9-13(24)7-12-8-15(22)16(23)10-14(12)21/h8,10,13H,2-7,9,11,24H2,1H3,(H,25,31). The van der Waals surface area contributed by atoms with E-state index < -0.39 is 23.5 Å². The van der Waals surface area contributed by atoms with Crippen molar-refractivity contribution in [3.05, 3.63) is 46.8 Å². The van der Waals surface area contributed by atoms with E-state index in [2.05, 4.69) is 15.5 Å². The number of carbonyl (C=O) groups excluding carboxylic acids is 2. The van der Waals surface area contributed by atoms with Crippen LogP contribution in [0.2, 0.25) is 0 Å². The maximum Gasteiger partial charge on any atom is 0.289 e. The number of carbonyl (C=O) groups is 2. The van der Waals surface area contributed by atoms with E-state index in [9.17, 15) is 22.8 Å². The van der Waals surface area contributed by atoms with Gasteiger partial charge >= 0.3 is 0 Å². The van der Waals surface area contributed by atoms with Crippen molar-refractivity contribution in [2.45, 2.75) is 51.7 Å². The fraction of sp³-hybridized carbons (Fsp3) is 0.500. The predicted octanol–water partition coefficient (Wildman–Crippen LogP) is 1.53. The third-order valence-electron chi connectivity index (χ3n) is 5.13. The zero-order chi connectivity index (χ0) is 22.5. The van der Waals surface area contributed by atoms with Gasteiger partial charge in [0, 0.05) is 38.2 Å². The number of halogens is 3. The second kappa shape index (κ2) is 9.90. The Kier molecular flexibility index (Phi) is 7.26. The number of fused-ring (bicyclic) bond motifs is 1. The average Bonchev–Trinajstić information content (AvgIpc) is 3.15. The number of benzene rings is 1. The van der Waals surface area contributed by atoms with Crippen LogP contribution in [0.25, 0.3) is 0 Å². The van der Waals surface area contributed by atoms with Gasteiger partial charge in [0.15, 0.2) is 17.5 Å². The molecule has 31 heavy (non-hydrogen) atoms. The van der Waals surface area contributed by atoms with Gasteiger partial charge in [-0.3, -0.25) is 9.59 Å². The van der Waals surface area contributed by atoms with E-state index in [-0.39, 0.29) is 42.6 Å². The van der Waals surface area contributed by atoms with Crippen molar-refractivity contribution in [1.29, 1.82) is 0 Å². The van der Waals surface area contributed by atoms with Crippen LogP contribution in [0.5, 0.6) is 0 Å². The van der Waals surface area contributed by atoms with Gasteiger partial charge in [-0.25, -0.2) is 13.2 Å². The quantitative estimate of drug-likeness (QED) is 0.480. The number of nitrogens with zero attached hydrogens (tertiary/aromatic N) is 4. The number of amides is 2. The van der Waals surface area contributed by atoms with Crippen LogP contribution in [0.4, 0.5) is 13.2 Å². The topological polar surface area (TPSA) is 106 Å². The lowest BCUT2D eigenvalue weighted by Gasteiger charge is -2.28. The summed E-state index contributed by atoms with van der Waals surface area (Å²) < 4.78 is 41.9. The lowest BCUT2D eigenvalue weighted by molar-refractivity contribution is -0.133. The maximum atomic E-state index is 13.8. The summed E-state index contributed by atoms with van der Waals surface area (Å²) in [6, 6.07) is 0.449. The summed E-state index contributed by atoms with van der Waals surface area (Å²) in [5, 5.41) is 10.7. The molecule has 168 valence electrons. The van der Waals surface area contributed by atoms with Gasteiger partial charge in [0.05, 0.1) is 6.54 Å². The monoisotopic (exact) mass is 438 g/mol. The van der Waals surface area contributed by atoms with E-state index in [1.165, 1.54) is 4.90 Å². The van der Waals surface area contributed by atoms with E-state index in [4.69, 9.17) is 5.73 Å². The SMILES string of the molecule is CCCCNC(=O)c1nnc2n1CCN(C(=O)CC(N)Cc1cc(F)c(F)cc1F)C2. The summed E-state index contributed by atoms with van der Waals surface area (Å²) in [6.07, 6.45) is 1.61. The van der Waals surface area contributed by atoms with Crippen LogP contribution >= 0.6 is 0 Å². The molecule has 1 aromatic carbocycles. The highest BCUT2D eigenvalue weighted by Crippen LogP contribution is 2.18. The summed E-state index contributed by atoms with van der Waals surface area (Å²) in [5.41, 5.74) is 5.86. The first kappa shape index (κ1) is 22.7. The molecule has 1 unspecified atom stereocenters. The Bertz CT molecular complexity index is 965. The fourth-order valence-electron chi connectivity index (χ4n) is 3.42. The van der Waals surface area contributed by atoms with Crippen LogP contribution in [-0.4, -0.2) is 50.6 Å². The van der Waals surface area contributed by atoms with Gasteiger partial charge in [-0.2, -0.15) is 0 Å². The van der Waals surface area contributed by atoms with Gasteiger partial charge in [0.2, 0.25) is 11.7 Å². The Morgan fingerprint density at radius 1 is 1.16 bits per heavy atom. The van der Waals surface area contributed by atoms with E-state index in [0.717, 1.165) is 18.9 Å². The Morgan fingerprint density at radius 3 is 2.65 bits per heavy atom. The molecule has 1 aliphatic rings. The molecule has 1 aromatic heterocycles. The number of rotatable bonds is 8. The molecular formula is C20H25F3N6O2. The summed E-state index contributed by atoms with van der Waals surface area (Å²) in [4.78, 5) is 26.4. The minimum atomic E-state index is -1.28. The van der Waals surface area contributed by atoms with Crippen LogP contribution in [0, 0.1) is 17.5 Å². The van der Waals surface area contributed by atoms with Crippen molar-refractivity contribution < 1.29 is 22.8 Å². The zero-order valence-electron chi connectivity index (χ0n) is 17.2. The highest BCUT2D eigenvalue weighted by molar-refractivity contribution is 5.90. The summed E-state index contributed by atoms with van der Waals surface area (Å²) in [5.74, 6) is -3.23. The summed E-state index contributed by atoms with van der Waals surface area (Å²) in [7, 11) is 0. The molecule has 11 heteroatoms. The molecule has 0 saturated heterocycles. The maximum absolute atomic E-state index is 13.8. The smallest absolute Gasteiger partial charge is 0.289 e. The number of aromatic nitrogens is 3. The lowest BCUT2D eigenvalue weighted by atomic mass is 10.0. The molecule has 0 fully saturated rings. The van der Waals surface area contributed by atoms with Crippen molar-refractivity contribution in [2.24, 2.45) is 5.73 Å². The third-order valence-corrected chi connectivity index (χ3v) is 5.13. The van der Waals surface area contributed by atoms with Crippen LogP contribution < -0.4 is 11.1 Å². The van der Waals surface area contributed by atoms with Crippen molar-refractivity contribution in [1.82, 2.24) is 25.0 Å². The minimum absolute atomic E-state index is 0.0867. The van der Waals surface area contributed by atoms with Crippen LogP contribution in [0.1, 0.15) is 48.2 Å². The first-order valence-electron chi connectivity index (χ1n) is 10.2. The second-order valence-corrected chi connectivity index (χ2v) is 7.54. The first-order chi connectivity index (χ1) is 14.8. The molecule has 3 N–H and O–H groups in total. The van der Waals surface area contributed by atoms with Crippen molar-refractivity contribution in [2.75, 3.05) is 13.1 Å². The molecule has 0 saturated carbocycles. The second-order valence-electron chi connectivity index (χ2n) is 7.54. The predicted molar refractivity (Wildman–Crippen MR) is 105 cm³/mol. The van der Waals surface area contributed by atoms with Crippen molar-refractivity contribution in [3.63, 3.8) is 0 Å². The largest absolute Gasteiger partial charge is 0.349 e. The number of hydrogen-bond acceptors (Lipinski definition) is 5. The van der Waals surface area contributed by atoms with Gasteiger partial charge in [0.25, 0.3) is 5.91 Å². The Hall–Kier alpha value is -2.95. The summed E-state index contributed by atoms with van der Waals surface area (Å²) in [6.45, 7) is 3.44. The van der Waals surface area contributed by atoms with Crippen LogP contribution in [-0.2, 0) is 24.3 Å². The lowest BCUT2D eigenvalue weighted by Crippen LogP contribution is -2.42. The Labute approximate surface area is 177 Å². The van der Waals surface area contributed by atoms with Gasteiger partial charge < -0.3 is 20.5 Å². The zero-order valence-corrected chi connectivity index (χ0v) is 17.2. The molecule has 2 aromatic rings. The molecule has 0 aliphatic carbocycles. The number of nitrogens with one attached hydrogen (secondary N) is 1. The van der Waals surface area contributed by atoms with E-state index in [1.807, 2.05) is 6.92 Å². The van der Waals surface area contributed by atoms with Crippen LogP contribution in [0.3, 0.4) is 0 Å². The summed E-state index contributed by atoms with van der Waals surface area (Å²) >= 11 is 0. The van der Waals surface area contributed by atoms with Gasteiger partial charge in [-0.05, 0) is 24.5 Å². The Morgan fingerprint density at radius 2 is 1.90 bits per heavy atom. The Balaban J connectivity index is 1.57. The molecule has 0 bridgehead atoms. The first-order valence-corrected chi connectivity index (χ1v) is 10.2. The van der Waals surface area contributed by atoms with Crippen molar-refractivity contribution in [3.8, 4) is 0 Å². The highest BCUT2D eigenvalue weighted by atomic mass is 19.2. The highest BCUT2D eigenvalue weighted by Gasteiger charge is 2.27. The molecule has 0 spiro atoms. The van der Waals surface area contributed by atoms with E-state index >= 15 is 0 Å². The number of unbranched alkanes of at least 4 members (excludes halogenated alkanes) is 1. The molecule has 2 amide bonds. The van der Waals surface area contributed by atoms with Gasteiger partial charge in [0.1, 0.15) is 5.82 Å².